The quantitative estimate of drug-likeness (QED) is 0.326. The summed E-state index contributed by atoms with van der Waals surface area (Å²) in [5.41, 5.74) is 2.43. The van der Waals surface area contributed by atoms with E-state index in [1.54, 1.807) is 19.2 Å². The van der Waals surface area contributed by atoms with E-state index >= 15 is 0 Å². The average Bonchev–Trinajstić information content (AvgIpc) is 2.74. The second-order valence-electron chi connectivity index (χ2n) is 8.14. The number of ether oxygens (including phenoxy) is 2. The summed E-state index contributed by atoms with van der Waals surface area (Å²) in [6, 6.07) is 22.7. The van der Waals surface area contributed by atoms with Crippen LogP contribution in [0.1, 0.15) is 38.8 Å². The van der Waals surface area contributed by atoms with Crippen LogP contribution in [-0.2, 0) is 5.41 Å². The van der Waals surface area contributed by atoms with E-state index in [0.717, 1.165) is 16.8 Å². The summed E-state index contributed by atoms with van der Waals surface area (Å²) in [6.45, 7) is 7.93. The van der Waals surface area contributed by atoms with Crippen LogP contribution in [0.3, 0.4) is 0 Å². The van der Waals surface area contributed by atoms with Crippen molar-refractivity contribution in [1.82, 2.24) is 0 Å². The van der Waals surface area contributed by atoms with Gasteiger partial charge in [0.25, 0.3) is 0 Å². The normalized spacial score (nSPS) is 12.9. The molecule has 1 unspecified atom stereocenters. The molecule has 160 valence electrons. The topological polar surface area (TPSA) is 63.4 Å². The third-order valence-corrected chi connectivity index (χ3v) is 4.55. The third-order valence-electron chi connectivity index (χ3n) is 4.55. The van der Waals surface area contributed by atoms with Gasteiger partial charge in [0.05, 0.1) is 11.9 Å². The van der Waals surface area contributed by atoms with E-state index in [0.29, 0.717) is 11.5 Å². The lowest BCUT2D eigenvalue weighted by Gasteiger charge is -2.23. The molecule has 3 aromatic rings. The minimum absolute atomic E-state index is 0.149. The molecule has 0 aliphatic rings. The predicted octanol–water partition coefficient (Wildman–Crippen LogP) is 7.25. The van der Waals surface area contributed by atoms with Gasteiger partial charge >= 0.3 is 0 Å². The molecular weight excluding hydrogens is 388 g/mol. The average molecular weight is 417 g/mol. The highest BCUT2D eigenvalue weighted by Crippen LogP contribution is 2.37. The molecule has 0 radical (unpaired) electrons. The maximum atomic E-state index is 10.5. The Morgan fingerprint density at radius 3 is 2.26 bits per heavy atom. The lowest BCUT2D eigenvalue weighted by Crippen LogP contribution is -2.20. The maximum absolute atomic E-state index is 10.5. The minimum atomic E-state index is -0.567. The fourth-order valence-corrected chi connectivity index (χ4v) is 2.99. The lowest BCUT2D eigenvalue weighted by molar-refractivity contribution is 0.0201. The van der Waals surface area contributed by atoms with Crippen molar-refractivity contribution in [3.05, 3.63) is 90.1 Å². The van der Waals surface area contributed by atoms with E-state index < -0.39 is 6.29 Å². The van der Waals surface area contributed by atoms with Crippen LogP contribution in [-0.4, -0.2) is 11.4 Å². The van der Waals surface area contributed by atoms with Crippen LogP contribution >= 0.6 is 0 Å². The van der Waals surface area contributed by atoms with Crippen molar-refractivity contribution in [2.75, 3.05) is 0 Å². The highest BCUT2D eigenvalue weighted by Gasteiger charge is 2.21. The Balaban J connectivity index is 1.57. The third kappa shape index (κ3) is 6.44. The number of phenols is 1. The van der Waals surface area contributed by atoms with Gasteiger partial charge in [-0.3, -0.25) is 0 Å². The summed E-state index contributed by atoms with van der Waals surface area (Å²) < 4.78 is 11.7. The Labute approximate surface area is 183 Å². The Hall–Kier alpha value is -3.60. The highest BCUT2D eigenvalue weighted by atomic mass is 16.7. The van der Waals surface area contributed by atoms with Gasteiger partial charge in [0.1, 0.15) is 5.75 Å². The standard InChI is InChI=1S/C26H28N2O3/c1-19(31-24-12-8-11-23(25(24)29)26(2,3)4)30-22-15-13-20(14-16-22)17-18-27-28-21-9-6-5-7-10-21/h5-19,29H,1-4H3/b18-17+,28-27?. The van der Waals surface area contributed by atoms with Gasteiger partial charge in [0, 0.05) is 12.5 Å². The van der Waals surface area contributed by atoms with E-state index in [9.17, 15) is 5.11 Å². The van der Waals surface area contributed by atoms with Crippen molar-refractivity contribution in [2.45, 2.75) is 39.4 Å². The number of phenolic OH excluding ortho intramolecular Hbond substituents is 1. The lowest BCUT2D eigenvalue weighted by atomic mass is 9.86. The molecule has 5 heteroatoms. The molecule has 1 N–H and O–H groups in total. The Morgan fingerprint density at radius 1 is 0.871 bits per heavy atom. The van der Waals surface area contributed by atoms with Crippen molar-refractivity contribution >= 4 is 11.8 Å². The van der Waals surface area contributed by atoms with E-state index in [2.05, 4.69) is 10.2 Å². The van der Waals surface area contributed by atoms with E-state index in [-0.39, 0.29) is 11.2 Å². The van der Waals surface area contributed by atoms with Gasteiger partial charge in [0.15, 0.2) is 11.5 Å². The largest absolute Gasteiger partial charge is 0.504 e. The molecule has 0 spiro atoms. The zero-order chi connectivity index (χ0) is 22.3. The number of benzene rings is 3. The van der Waals surface area contributed by atoms with Crippen molar-refractivity contribution < 1.29 is 14.6 Å². The predicted molar refractivity (Wildman–Crippen MR) is 124 cm³/mol. The number of nitrogens with zero attached hydrogens (tertiary/aromatic N) is 2. The summed E-state index contributed by atoms with van der Waals surface area (Å²) in [5.74, 6) is 1.22. The zero-order valence-electron chi connectivity index (χ0n) is 18.3. The SMILES string of the molecule is CC(Oc1ccc(/C=C/N=Nc2ccccc2)cc1)Oc1cccc(C(C)(C)C)c1O. The first kappa shape index (κ1) is 22.1. The minimum Gasteiger partial charge on any atom is -0.504 e. The summed E-state index contributed by atoms with van der Waals surface area (Å²) in [6.07, 6.45) is 2.95. The molecule has 3 aromatic carbocycles. The Kier molecular flexibility index (Phi) is 7.08. The highest BCUT2D eigenvalue weighted by molar-refractivity contribution is 5.50. The summed E-state index contributed by atoms with van der Waals surface area (Å²) >= 11 is 0. The van der Waals surface area contributed by atoms with Crippen LogP contribution in [0.4, 0.5) is 5.69 Å². The van der Waals surface area contributed by atoms with Crippen molar-refractivity contribution in [3.8, 4) is 17.2 Å². The van der Waals surface area contributed by atoms with Gasteiger partial charge in [-0.15, -0.1) is 0 Å². The molecule has 0 fully saturated rings. The fourth-order valence-electron chi connectivity index (χ4n) is 2.99. The number of azo groups is 1. The first-order valence-electron chi connectivity index (χ1n) is 10.2. The summed E-state index contributed by atoms with van der Waals surface area (Å²) in [7, 11) is 0. The second kappa shape index (κ2) is 9.94. The van der Waals surface area contributed by atoms with Crippen molar-refractivity contribution in [2.24, 2.45) is 10.2 Å². The molecule has 3 rings (SSSR count). The first-order chi connectivity index (χ1) is 14.8. The molecule has 0 heterocycles. The fraction of sp³-hybridized carbons (Fsp3) is 0.231. The van der Waals surface area contributed by atoms with Gasteiger partial charge in [-0.05, 0) is 47.4 Å². The molecule has 0 aliphatic carbocycles. The molecule has 0 saturated carbocycles. The molecule has 1 atom stereocenters. The van der Waals surface area contributed by atoms with Crippen LogP contribution in [0.15, 0.2) is 89.2 Å². The molecule has 31 heavy (non-hydrogen) atoms. The van der Waals surface area contributed by atoms with Crippen LogP contribution < -0.4 is 9.47 Å². The molecule has 0 aliphatic heterocycles. The molecule has 0 bridgehead atoms. The van der Waals surface area contributed by atoms with Gasteiger partial charge in [-0.1, -0.05) is 63.2 Å². The van der Waals surface area contributed by atoms with Crippen molar-refractivity contribution in [1.29, 1.82) is 0 Å². The second-order valence-corrected chi connectivity index (χ2v) is 8.14. The maximum Gasteiger partial charge on any atom is 0.238 e. The van der Waals surface area contributed by atoms with Gasteiger partial charge in [-0.2, -0.15) is 10.2 Å². The number of rotatable bonds is 7. The zero-order valence-corrected chi connectivity index (χ0v) is 18.3. The van der Waals surface area contributed by atoms with E-state index in [4.69, 9.17) is 9.47 Å². The van der Waals surface area contributed by atoms with E-state index in [1.165, 1.54) is 0 Å². The summed E-state index contributed by atoms with van der Waals surface area (Å²) in [5, 5.41) is 18.7. The van der Waals surface area contributed by atoms with Crippen LogP contribution in [0.2, 0.25) is 0 Å². The van der Waals surface area contributed by atoms with E-state index in [1.807, 2.05) is 93.6 Å². The Morgan fingerprint density at radius 2 is 1.58 bits per heavy atom. The Bertz CT molecular complexity index is 1040. The van der Waals surface area contributed by atoms with Crippen LogP contribution in [0.5, 0.6) is 17.2 Å². The van der Waals surface area contributed by atoms with Crippen LogP contribution in [0.25, 0.3) is 6.08 Å². The van der Waals surface area contributed by atoms with Crippen molar-refractivity contribution in [3.63, 3.8) is 0 Å². The van der Waals surface area contributed by atoms with Gasteiger partial charge < -0.3 is 14.6 Å². The first-order valence-corrected chi connectivity index (χ1v) is 10.2. The van der Waals surface area contributed by atoms with Crippen LogP contribution in [0, 0.1) is 0 Å². The number of para-hydroxylation sites is 1. The smallest absolute Gasteiger partial charge is 0.238 e. The number of aromatic hydroxyl groups is 1. The summed E-state index contributed by atoms with van der Waals surface area (Å²) in [4.78, 5) is 0. The van der Waals surface area contributed by atoms with Gasteiger partial charge in [-0.25, -0.2) is 0 Å². The van der Waals surface area contributed by atoms with Gasteiger partial charge in [0.2, 0.25) is 6.29 Å². The monoisotopic (exact) mass is 416 g/mol. The molecular formula is C26H28N2O3. The number of hydrogen-bond acceptors (Lipinski definition) is 5. The molecule has 0 amide bonds. The number of hydrogen-bond donors (Lipinski definition) is 1. The molecule has 0 aromatic heterocycles. The molecule has 5 nitrogen and oxygen atoms in total. The molecule has 0 saturated heterocycles.